The van der Waals surface area contributed by atoms with Crippen molar-refractivity contribution >= 4 is 29.1 Å². The number of benzene rings is 1. The summed E-state index contributed by atoms with van der Waals surface area (Å²) < 4.78 is 0. The van der Waals surface area contributed by atoms with E-state index in [2.05, 4.69) is 5.32 Å². The first-order valence-corrected chi connectivity index (χ1v) is 6.87. The number of phenolic OH excluding ortho intramolecular Hbond substituents is 1. The lowest BCUT2D eigenvalue weighted by atomic mass is 9.89. The minimum absolute atomic E-state index is 0.110. The summed E-state index contributed by atoms with van der Waals surface area (Å²) in [6.45, 7) is 2.48. The summed E-state index contributed by atoms with van der Waals surface area (Å²) in [7, 11) is 0. The van der Waals surface area contributed by atoms with Gasteiger partial charge in [-0.2, -0.15) is 0 Å². The van der Waals surface area contributed by atoms with E-state index in [1.54, 1.807) is 6.07 Å². The first-order chi connectivity index (χ1) is 8.91. The highest BCUT2D eigenvalue weighted by Gasteiger charge is 2.33. The predicted molar refractivity (Wildman–Crippen MR) is 75.3 cm³/mol. The average Bonchev–Trinajstić information content (AvgIpc) is 2.82. The molecule has 1 unspecified atom stereocenters. The third kappa shape index (κ3) is 2.81. The standard InChI is InChI=1S/C13H16Cl2N2O2/c1-6(13(16)19)7-4-9(17-5-7)11-10(18)3-2-8(14)12(11)15/h2-3,6-7,9,17-18H,4-5H2,1H3,(H2,16,19)/t6?,7-,9-/m1/s1. The van der Waals surface area contributed by atoms with Crippen molar-refractivity contribution in [3.05, 3.63) is 27.7 Å². The zero-order valence-electron chi connectivity index (χ0n) is 10.5. The molecule has 1 aromatic rings. The summed E-state index contributed by atoms with van der Waals surface area (Å²) >= 11 is 12.1. The monoisotopic (exact) mass is 302 g/mol. The number of hydrogen-bond acceptors (Lipinski definition) is 3. The van der Waals surface area contributed by atoms with Gasteiger partial charge >= 0.3 is 0 Å². The van der Waals surface area contributed by atoms with Gasteiger partial charge in [0.05, 0.1) is 10.0 Å². The number of halogens is 2. The van der Waals surface area contributed by atoms with Gasteiger partial charge in [0, 0.05) is 17.5 Å². The Morgan fingerprint density at radius 2 is 2.21 bits per heavy atom. The molecule has 104 valence electrons. The second kappa shape index (κ2) is 5.57. The van der Waals surface area contributed by atoms with E-state index in [1.807, 2.05) is 6.92 Å². The molecular formula is C13H16Cl2N2O2. The van der Waals surface area contributed by atoms with Gasteiger partial charge in [-0.1, -0.05) is 30.1 Å². The Balaban J connectivity index is 2.22. The van der Waals surface area contributed by atoms with Crippen LogP contribution in [0.25, 0.3) is 0 Å². The average molecular weight is 303 g/mol. The van der Waals surface area contributed by atoms with Crippen LogP contribution in [0.15, 0.2) is 12.1 Å². The Hall–Kier alpha value is -0.970. The van der Waals surface area contributed by atoms with Crippen molar-refractivity contribution in [3.63, 3.8) is 0 Å². The Morgan fingerprint density at radius 1 is 1.53 bits per heavy atom. The molecule has 1 saturated heterocycles. The van der Waals surface area contributed by atoms with Crippen molar-refractivity contribution < 1.29 is 9.90 Å². The van der Waals surface area contributed by atoms with Crippen molar-refractivity contribution in [1.82, 2.24) is 5.32 Å². The van der Waals surface area contributed by atoms with E-state index in [1.165, 1.54) is 6.07 Å². The normalized spacial score (nSPS) is 24.4. The number of phenols is 1. The molecular weight excluding hydrogens is 287 g/mol. The molecule has 0 aliphatic carbocycles. The van der Waals surface area contributed by atoms with E-state index >= 15 is 0 Å². The molecule has 1 aromatic carbocycles. The van der Waals surface area contributed by atoms with Crippen molar-refractivity contribution in [3.8, 4) is 5.75 Å². The Morgan fingerprint density at radius 3 is 2.84 bits per heavy atom. The minimum atomic E-state index is -0.311. The molecule has 0 bridgehead atoms. The molecule has 0 radical (unpaired) electrons. The summed E-state index contributed by atoms with van der Waals surface area (Å²) in [6.07, 6.45) is 0.692. The number of aromatic hydroxyl groups is 1. The summed E-state index contributed by atoms with van der Waals surface area (Å²) in [5.41, 5.74) is 5.91. The minimum Gasteiger partial charge on any atom is -0.508 e. The van der Waals surface area contributed by atoms with Gasteiger partial charge in [-0.05, 0) is 31.0 Å². The molecule has 0 aromatic heterocycles. The molecule has 2 rings (SSSR count). The van der Waals surface area contributed by atoms with Gasteiger partial charge in [0.1, 0.15) is 5.75 Å². The first kappa shape index (κ1) is 14.4. The SMILES string of the molecule is CC(C(N)=O)[C@H]1CN[C@@H](c2c(O)ccc(Cl)c2Cl)C1. The van der Waals surface area contributed by atoms with Gasteiger partial charge in [-0.25, -0.2) is 0 Å². The van der Waals surface area contributed by atoms with Crippen LogP contribution < -0.4 is 11.1 Å². The number of rotatable bonds is 3. The maximum Gasteiger partial charge on any atom is 0.220 e. The first-order valence-electron chi connectivity index (χ1n) is 6.11. The molecule has 19 heavy (non-hydrogen) atoms. The summed E-state index contributed by atoms with van der Waals surface area (Å²) in [5.74, 6) is -0.275. The van der Waals surface area contributed by atoms with E-state index < -0.39 is 0 Å². The summed E-state index contributed by atoms with van der Waals surface area (Å²) in [4.78, 5) is 11.2. The van der Waals surface area contributed by atoms with Crippen LogP contribution in [-0.2, 0) is 4.79 Å². The van der Waals surface area contributed by atoms with Gasteiger partial charge in [0.2, 0.25) is 5.91 Å². The summed E-state index contributed by atoms with van der Waals surface area (Å²) in [6, 6.07) is 2.97. The fraction of sp³-hybridized carbons (Fsp3) is 0.462. The number of amides is 1. The molecule has 3 atom stereocenters. The van der Waals surface area contributed by atoms with E-state index in [4.69, 9.17) is 28.9 Å². The fourth-order valence-electron chi connectivity index (χ4n) is 2.48. The number of hydrogen-bond donors (Lipinski definition) is 3. The molecule has 0 saturated carbocycles. The van der Waals surface area contributed by atoms with Gasteiger partial charge < -0.3 is 16.2 Å². The van der Waals surface area contributed by atoms with Crippen LogP contribution >= 0.6 is 23.2 Å². The predicted octanol–water partition coefficient (Wildman–Crippen LogP) is 2.47. The fourth-order valence-corrected chi connectivity index (χ4v) is 2.94. The molecule has 4 N–H and O–H groups in total. The molecule has 1 fully saturated rings. The second-order valence-corrected chi connectivity index (χ2v) is 5.73. The molecule has 1 amide bonds. The van der Waals surface area contributed by atoms with E-state index in [0.717, 1.165) is 0 Å². The van der Waals surface area contributed by atoms with Gasteiger partial charge in [0.25, 0.3) is 0 Å². The van der Waals surface area contributed by atoms with Crippen LogP contribution in [0.1, 0.15) is 24.9 Å². The lowest BCUT2D eigenvalue weighted by Gasteiger charge is -2.17. The van der Waals surface area contributed by atoms with Crippen LogP contribution in [0.3, 0.4) is 0 Å². The Labute approximate surface area is 121 Å². The van der Waals surface area contributed by atoms with Gasteiger partial charge in [-0.15, -0.1) is 0 Å². The van der Waals surface area contributed by atoms with Gasteiger partial charge in [0.15, 0.2) is 0 Å². The molecule has 1 aliphatic rings. The van der Waals surface area contributed by atoms with Crippen LogP contribution in [0.5, 0.6) is 5.75 Å². The second-order valence-electron chi connectivity index (χ2n) is 4.94. The Bertz CT molecular complexity index is 508. The van der Waals surface area contributed by atoms with Crippen LogP contribution in [0.2, 0.25) is 10.0 Å². The molecule has 4 nitrogen and oxygen atoms in total. The van der Waals surface area contributed by atoms with E-state index in [-0.39, 0.29) is 29.5 Å². The topological polar surface area (TPSA) is 75.4 Å². The zero-order valence-corrected chi connectivity index (χ0v) is 12.0. The number of carbonyl (C=O) groups is 1. The number of primary amides is 1. The largest absolute Gasteiger partial charge is 0.508 e. The highest BCUT2D eigenvalue weighted by atomic mass is 35.5. The van der Waals surface area contributed by atoms with Crippen molar-refractivity contribution in [1.29, 1.82) is 0 Å². The van der Waals surface area contributed by atoms with Crippen molar-refractivity contribution in [2.24, 2.45) is 17.6 Å². The highest BCUT2D eigenvalue weighted by molar-refractivity contribution is 6.42. The molecule has 6 heteroatoms. The smallest absolute Gasteiger partial charge is 0.220 e. The third-order valence-electron chi connectivity index (χ3n) is 3.78. The molecule has 1 aliphatic heterocycles. The van der Waals surface area contributed by atoms with Crippen LogP contribution in [0, 0.1) is 11.8 Å². The van der Waals surface area contributed by atoms with Crippen LogP contribution in [-0.4, -0.2) is 17.6 Å². The maximum absolute atomic E-state index is 11.2. The van der Waals surface area contributed by atoms with Crippen LogP contribution in [0.4, 0.5) is 0 Å². The number of carbonyl (C=O) groups excluding carboxylic acids is 1. The number of nitrogens with two attached hydrogens (primary N) is 1. The molecule has 0 spiro atoms. The van der Waals surface area contributed by atoms with Crippen molar-refractivity contribution in [2.45, 2.75) is 19.4 Å². The third-order valence-corrected chi connectivity index (χ3v) is 4.60. The number of nitrogens with one attached hydrogen (secondary N) is 1. The summed E-state index contributed by atoms with van der Waals surface area (Å²) in [5, 5.41) is 14.0. The lowest BCUT2D eigenvalue weighted by Crippen LogP contribution is -2.28. The van der Waals surface area contributed by atoms with Crippen molar-refractivity contribution in [2.75, 3.05) is 6.54 Å². The maximum atomic E-state index is 11.2. The lowest BCUT2D eigenvalue weighted by molar-refractivity contribution is -0.122. The Kier molecular flexibility index (Phi) is 4.23. The highest BCUT2D eigenvalue weighted by Crippen LogP contribution is 2.41. The molecule has 1 heterocycles. The quantitative estimate of drug-likeness (QED) is 0.803. The zero-order chi connectivity index (χ0) is 14.2. The van der Waals surface area contributed by atoms with E-state index in [9.17, 15) is 9.90 Å². The van der Waals surface area contributed by atoms with Gasteiger partial charge in [-0.3, -0.25) is 4.79 Å². The van der Waals surface area contributed by atoms with E-state index in [0.29, 0.717) is 28.6 Å².